The number of hydrogen-bond donors (Lipinski definition) is 1. The van der Waals surface area contributed by atoms with Crippen molar-refractivity contribution in [1.29, 1.82) is 0 Å². The van der Waals surface area contributed by atoms with E-state index >= 15 is 0 Å². The van der Waals surface area contributed by atoms with Gasteiger partial charge in [-0.05, 0) is 40.8 Å². The van der Waals surface area contributed by atoms with Gasteiger partial charge in [0.05, 0.1) is 30.6 Å². The molecule has 0 saturated heterocycles. The summed E-state index contributed by atoms with van der Waals surface area (Å²) in [5, 5.41) is 14.1. The molecule has 25 heavy (non-hydrogen) atoms. The molecular formula is C16H14ClN5O3. The molecule has 1 aromatic heterocycles. The number of methoxy groups -OCH3 is 2. The molecular weight excluding hydrogens is 346 g/mol. The molecule has 0 aliphatic rings. The molecule has 128 valence electrons. The summed E-state index contributed by atoms with van der Waals surface area (Å²) in [6.45, 7) is 0. The van der Waals surface area contributed by atoms with Crippen LogP contribution >= 0.6 is 11.6 Å². The topological polar surface area (TPSA) is 91.2 Å². The molecule has 1 N–H and O–H groups in total. The lowest BCUT2D eigenvalue weighted by Crippen LogP contribution is -2.15. The number of amides is 1. The summed E-state index contributed by atoms with van der Waals surface area (Å²) in [6, 6.07) is 10.1. The maximum atomic E-state index is 12.7. The molecule has 8 nitrogen and oxygen atoms in total. The van der Waals surface area contributed by atoms with Crippen LogP contribution in [0.15, 0.2) is 42.7 Å². The lowest BCUT2D eigenvalue weighted by molar-refractivity contribution is 0.102. The second-order valence-electron chi connectivity index (χ2n) is 4.91. The Kier molecular flexibility index (Phi) is 4.80. The van der Waals surface area contributed by atoms with E-state index in [2.05, 4.69) is 20.8 Å². The third-order valence-corrected chi connectivity index (χ3v) is 3.80. The fraction of sp³-hybridized carbons (Fsp3) is 0.125. The van der Waals surface area contributed by atoms with Crippen LogP contribution in [0.1, 0.15) is 10.4 Å². The van der Waals surface area contributed by atoms with Gasteiger partial charge < -0.3 is 14.8 Å². The minimum absolute atomic E-state index is 0.274. The van der Waals surface area contributed by atoms with E-state index in [9.17, 15) is 4.79 Å². The van der Waals surface area contributed by atoms with Crippen molar-refractivity contribution < 1.29 is 14.3 Å². The van der Waals surface area contributed by atoms with Crippen molar-refractivity contribution >= 4 is 23.2 Å². The minimum Gasteiger partial charge on any atom is -0.496 e. The van der Waals surface area contributed by atoms with Crippen LogP contribution in [0.4, 0.5) is 5.69 Å². The predicted octanol–water partition coefficient (Wildman–Crippen LogP) is 2.59. The molecule has 0 atom stereocenters. The van der Waals surface area contributed by atoms with Crippen molar-refractivity contribution in [3.8, 4) is 17.2 Å². The van der Waals surface area contributed by atoms with Crippen LogP contribution < -0.4 is 14.8 Å². The zero-order chi connectivity index (χ0) is 17.8. The number of nitrogens with one attached hydrogen (secondary N) is 1. The Bertz CT molecular complexity index is 877. The Hall–Kier alpha value is -3.13. The summed E-state index contributed by atoms with van der Waals surface area (Å²) in [7, 11) is 2.97. The third-order valence-electron chi connectivity index (χ3n) is 3.47. The Morgan fingerprint density at radius 2 is 1.88 bits per heavy atom. The van der Waals surface area contributed by atoms with E-state index in [1.54, 1.807) is 36.4 Å². The van der Waals surface area contributed by atoms with Gasteiger partial charge in [-0.2, -0.15) is 0 Å². The summed E-state index contributed by atoms with van der Waals surface area (Å²) in [6.07, 6.45) is 1.44. The zero-order valence-electron chi connectivity index (χ0n) is 13.4. The smallest absolute Gasteiger partial charge is 0.263 e. The molecule has 0 fully saturated rings. The average molecular weight is 360 g/mol. The second-order valence-corrected chi connectivity index (χ2v) is 5.32. The summed E-state index contributed by atoms with van der Waals surface area (Å²) in [4.78, 5) is 12.7. The standard InChI is InChI=1S/C16H14ClN5O3/c1-24-13-4-3-5-14(25-2)15(13)16(23)19-12-8-10(6-7-11(12)17)22-9-18-20-21-22/h3-9H,1-2H3,(H,19,23). The van der Waals surface area contributed by atoms with Crippen molar-refractivity contribution in [3.05, 3.63) is 53.3 Å². The Balaban J connectivity index is 1.95. The van der Waals surface area contributed by atoms with Gasteiger partial charge in [0.1, 0.15) is 23.4 Å². The van der Waals surface area contributed by atoms with Crippen LogP contribution in [0.3, 0.4) is 0 Å². The van der Waals surface area contributed by atoms with E-state index in [0.29, 0.717) is 27.9 Å². The van der Waals surface area contributed by atoms with Crippen LogP contribution in [-0.2, 0) is 0 Å². The number of tetrazole rings is 1. The van der Waals surface area contributed by atoms with Crippen LogP contribution in [0.25, 0.3) is 5.69 Å². The molecule has 1 heterocycles. The number of hydrogen-bond acceptors (Lipinski definition) is 6. The molecule has 9 heteroatoms. The Morgan fingerprint density at radius 3 is 2.48 bits per heavy atom. The first kappa shape index (κ1) is 16.7. The quantitative estimate of drug-likeness (QED) is 0.752. The van der Waals surface area contributed by atoms with Crippen molar-refractivity contribution in [2.75, 3.05) is 19.5 Å². The molecule has 3 rings (SSSR count). The maximum absolute atomic E-state index is 12.7. The highest BCUT2D eigenvalue weighted by molar-refractivity contribution is 6.34. The molecule has 0 unspecified atom stereocenters. The summed E-state index contributed by atoms with van der Waals surface area (Å²) >= 11 is 6.20. The fourth-order valence-corrected chi connectivity index (χ4v) is 2.46. The highest BCUT2D eigenvalue weighted by atomic mass is 35.5. The van der Waals surface area contributed by atoms with Gasteiger partial charge in [-0.3, -0.25) is 4.79 Å². The van der Waals surface area contributed by atoms with Gasteiger partial charge >= 0.3 is 0 Å². The van der Waals surface area contributed by atoms with Gasteiger partial charge in [-0.1, -0.05) is 17.7 Å². The van der Waals surface area contributed by atoms with Crippen LogP contribution in [0, 0.1) is 0 Å². The molecule has 0 aliphatic carbocycles. The van der Waals surface area contributed by atoms with E-state index in [1.165, 1.54) is 25.2 Å². The number of nitrogens with zero attached hydrogens (tertiary/aromatic N) is 4. The molecule has 2 aromatic carbocycles. The van der Waals surface area contributed by atoms with Gasteiger partial charge in [-0.25, -0.2) is 4.68 Å². The first-order valence-electron chi connectivity index (χ1n) is 7.19. The predicted molar refractivity (Wildman–Crippen MR) is 91.7 cm³/mol. The molecule has 0 aliphatic heterocycles. The van der Waals surface area contributed by atoms with Gasteiger partial charge in [0.15, 0.2) is 0 Å². The van der Waals surface area contributed by atoms with E-state index in [4.69, 9.17) is 21.1 Å². The van der Waals surface area contributed by atoms with Crippen molar-refractivity contribution in [1.82, 2.24) is 20.2 Å². The highest BCUT2D eigenvalue weighted by Gasteiger charge is 2.19. The van der Waals surface area contributed by atoms with Crippen LogP contribution in [-0.4, -0.2) is 40.3 Å². The van der Waals surface area contributed by atoms with E-state index in [1.807, 2.05) is 0 Å². The lowest BCUT2D eigenvalue weighted by Gasteiger charge is -2.14. The number of carbonyl (C=O) groups is 1. The number of aromatic nitrogens is 4. The number of carbonyl (C=O) groups excluding carboxylic acids is 1. The lowest BCUT2D eigenvalue weighted by atomic mass is 10.1. The first-order chi connectivity index (χ1) is 12.1. The summed E-state index contributed by atoms with van der Waals surface area (Å²) in [5.74, 6) is 0.374. The van der Waals surface area contributed by atoms with Crippen LogP contribution in [0.2, 0.25) is 5.02 Å². The monoisotopic (exact) mass is 359 g/mol. The van der Waals surface area contributed by atoms with Gasteiger partial charge in [0, 0.05) is 0 Å². The normalized spacial score (nSPS) is 10.4. The van der Waals surface area contributed by atoms with E-state index in [-0.39, 0.29) is 5.56 Å². The molecule has 0 radical (unpaired) electrons. The summed E-state index contributed by atoms with van der Waals surface area (Å²) < 4.78 is 12.0. The molecule has 3 aromatic rings. The third kappa shape index (κ3) is 3.38. The molecule has 0 saturated carbocycles. The molecule has 0 bridgehead atoms. The second kappa shape index (κ2) is 7.18. The van der Waals surface area contributed by atoms with E-state index in [0.717, 1.165) is 0 Å². The number of anilines is 1. The van der Waals surface area contributed by atoms with Gasteiger partial charge in [0.25, 0.3) is 5.91 Å². The van der Waals surface area contributed by atoms with Crippen molar-refractivity contribution in [2.24, 2.45) is 0 Å². The zero-order valence-corrected chi connectivity index (χ0v) is 14.2. The summed E-state index contributed by atoms with van der Waals surface area (Å²) in [5.41, 5.74) is 1.33. The Labute approximate surface area is 148 Å². The maximum Gasteiger partial charge on any atom is 0.263 e. The fourth-order valence-electron chi connectivity index (χ4n) is 2.29. The van der Waals surface area contributed by atoms with Gasteiger partial charge in [-0.15, -0.1) is 5.10 Å². The highest BCUT2D eigenvalue weighted by Crippen LogP contribution is 2.31. The average Bonchev–Trinajstić information content (AvgIpc) is 3.17. The van der Waals surface area contributed by atoms with Crippen LogP contribution in [0.5, 0.6) is 11.5 Å². The molecule has 0 spiro atoms. The SMILES string of the molecule is COc1cccc(OC)c1C(=O)Nc1cc(-n2cnnn2)ccc1Cl. The number of ether oxygens (including phenoxy) is 2. The number of rotatable bonds is 5. The van der Waals surface area contributed by atoms with E-state index < -0.39 is 5.91 Å². The minimum atomic E-state index is -0.412. The first-order valence-corrected chi connectivity index (χ1v) is 7.57. The van der Waals surface area contributed by atoms with Crippen molar-refractivity contribution in [3.63, 3.8) is 0 Å². The van der Waals surface area contributed by atoms with Crippen molar-refractivity contribution in [2.45, 2.75) is 0 Å². The van der Waals surface area contributed by atoms with Gasteiger partial charge in [0.2, 0.25) is 0 Å². The number of benzene rings is 2. The number of halogens is 1. The largest absolute Gasteiger partial charge is 0.496 e. The Morgan fingerprint density at radius 1 is 1.16 bits per heavy atom. The molecule has 1 amide bonds.